The molecule has 0 aromatic heterocycles. The first-order valence-electron chi connectivity index (χ1n) is 20.4. The first-order valence-corrected chi connectivity index (χ1v) is 22.2. The molecule has 0 aromatic carbocycles. The third kappa shape index (κ3) is 9.13. The molecule has 0 aromatic rings. The van der Waals surface area contributed by atoms with Crippen molar-refractivity contribution < 1.29 is 102 Å². The molecule has 0 N–H and O–H groups in total. The normalized spacial score (nSPS) is 43.7. The van der Waals surface area contributed by atoms with Crippen molar-refractivity contribution >= 4 is 10.1 Å². The molecule has 6 aliphatic heterocycles. The van der Waals surface area contributed by atoms with E-state index >= 15 is 0 Å². The van der Waals surface area contributed by atoms with Crippen molar-refractivity contribution in [2.75, 3.05) is 19.4 Å². The Morgan fingerprint density at radius 2 is 1.09 bits per heavy atom. The summed E-state index contributed by atoms with van der Waals surface area (Å²) >= 11 is 0. The van der Waals surface area contributed by atoms with Gasteiger partial charge in [-0.05, 0) is 57.8 Å². The third-order valence-corrected chi connectivity index (χ3v) is 14.4. The molecule has 0 amide bonds. The van der Waals surface area contributed by atoms with Crippen LogP contribution in [0.4, 0.5) is 0 Å². The molecule has 10 rings (SSSR count). The molecule has 55 heavy (non-hydrogen) atoms. The van der Waals surface area contributed by atoms with Gasteiger partial charge < -0.3 is 54.6 Å². The van der Waals surface area contributed by atoms with E-state index in [2.05, 4.69) is 4.85 Å². The van der Waals surface area contributed by atoms with Crippen molar-refractivity contribution in [3.63, 3.8) is 0 Å². The average molecular weight is 817 g/mol. The van der Waals surface area contributed by atoms with E-state index in [1.54, 1.807) is 0 Å². The van der Waals surface area contributed by atoms with Crippen LogP contribution in [0.25, 0.3) is 4.85 Å². The molecule has 2 unspecified atom stereocenters. The van der Waals surface area contributed by atoms with Gasteiger partial charge in [-0.2, -0.15) is 8.42 Å². The molecule has 0 radical (unpaired) electrons. The van der Waals surface area contributed by atoms with Crippen LogP contribution in [0.15, 0.2) is 0 Å². The Balaban J connectivity index is 0.000000174. The molecule has 10 fully saturated rings. The fraction of sp³-hybridized carbons (Fsp3) is 0.950. The van der Waals surface area contributed by atoms with E-state index in [0.717, 1.165) is 103 Å². The maximum absolute atomic E-state index is 11.2. The Labute approximate surface area is 371 Å². The summed E-state index contributed by atoms with van der Waals surface area (Å²) in [6, 6.07) is 0. The van der Waals surface area contributed by atoms with Crippen LogP contribution in [-0.2, 0) is 52.2 Å². The van der Waals surface area contributed by atoms with Gasteiger partial charge >= 0.3 is 51.4 Å². The minimum atomic E-state index is -3.41. The van der Waals surface area contributed by atoms with Crippen molar-refractivity contribution in [3.05, 3.63) is 18.0 Å². The summed E-state index contributed by atoms with van der Waals surface area (Å²) in [6.45, 7) is 12.5. The second-order valence-corrected chi connectivity index (χ2v) is 19.0. The fourth-order valence-corrected chi connectivity index (χ4v) is 12.0. The smallest absolute Gasteiger partial charge is 0.512 e. The standard InChI is InChI=1S/C19H27NO4.C19H30O7S.CN.CH4.K/c1-20-10-7-13-5-6-16-18(22-13)11-14(21-16)17-15(12-18)23-19(24-17)8-3-2-4-9-19;1-27(20,21)22-10-7-13-5-6-16-18(24-13)11-14(23-16)17-15(12-18)25-19(26-17)8-3-2-4-9-19;1-2;;/h13-17H,2-12H2;13-17H,2-12H2,1H3;;1H4;/q;;-1;;+1/t2*13-,14-,15-,16+,17?,18-;;;/m11.../s1. The minimum absolute atomic E-state index is 0. The van der Waals surface area contributed by atoms with Crippen LogP contribution < -0.4 is 51.4 Å². The topological polar surface area (TPSA) is 145 Å². The zero-order chi connectivity index (χ0) is 36.9. The summed E-state index contributed by atoms with van der Waals surface area (Å²) in [5, 5.41) is 6.25. The summed E-state index contributed by atoms with van der Waals surface area (Å²) in [5.41, 5.74) is -0.510. The van der Waals surface area contributed by atoms with Crippen LogP contribution in [0.3, 0.4) is 0 Å². The number of hydrogen-bond acceptors (Lipinski definition) is 12. The number of nitrogens with zero attached hydrogens (tertiary/aromatic N) is 2. The van der Waals surface area contributed by atoms with E-state index in [4.69, 9.17) is 60.5 Å². The third-order valence-electron chi connectivity index (χ3n) is 13.8. The predicted molar refractivity (Wildman–Crippen MR) is 194 cm³/mol. The van der Waals surface area contributed by atoms with Crippen molar-refractivity contribution in [2.24, 2.45) is 0 Å². The van der Waals surface area contributed by atoms with Crippen LogP contribution in [0.2, 0.25) is 0 Å². The van der Waals surface area contributed by atoms with E-state index in [-0.39, 0.29) is 143 Å². The van der Waals surface area contributed by atoms with Gasteiger partial charge in [-0.1, -0.05) is 20.3 Å². The van der Waals surface area contributed by atoms with Gasteiger partial charge in [0.1, 0.15) is 12.2 Å². The molecule has 6 saturated heterocycles. The maximum Gasteiger partial charge on any atom is 1.00 e. The summed E-state index contributed by atoms with van der Waals surface area (Å²) in [6.07, 6.45) is 22.1. The number of fused-ring (bicyclic) bond motifs is 6. The average Bonchev–Trinajstić information content (AvgIpc) is 3.86. The van der Waals surface area contributed by atoms with E-state index in [0.29, 0.717) is 13.0 Å². The predicted octanol–water partition coefficient (Wildman–Crippen LogP) is 3.23. The first kappa shape index (κ1) is 44.8. The summed E-state index contributed by atoms with van der Waals surface area (Å²) in [7, 11) is -3.41. The maximum atomic E-state index is 11.2. The Bertz CT molecular complexity index is 1480. The van der Waals surface area contributed by atoms with Gasteiger partial charge in [0.25, 0.3) is 10.1 Å². The van der Waals surface area contributed by atoms with E-state index < -0.39 is 15.9 Å². The molecule has 4 spiro atoms. The number of ether oxygens (including phenoxy) is 8. The molecule has 4 bridgehead atoms. The van der Waals surface area contributed by atoms with Gasteiger partial charge in [0, 0.05) is 57.8 Å². The first-order chi connectivity index (χ1) is 25.6. The molecule has 15 heteroatoms. The van der Waals surface area contributed by atoms with Crippen LogP contribution in [0.5, 0.6) is 0 Å². The Morgan fingerprint density at radius 1 is 0.655 bits per heavy atom. The van der Waals surface area contributed by atoms with Gasteiger partial charge in [0.15, 0.2) is 11.6 Å². The van der Waals surface area contributed by atoms with Crippen LogP contribution >= 0.6 is 0 Å². The Morgan fingerprint density at radius 3 is 1.53 bits per heavy atom. The van der Waals surface area contributed by atoms with Gasteiger partial charge in [0.2, 0.25) is 6.54 Å². The molecular formula is C40H61KN2O11S. The molecule has 304 valence electrons. The largest absolute Gasteiger partial charge is 1.00 e. The molecule has 4 aliphatic carbocycles. The monoisotopic (exact) mass is 816 g/mol. The second-order valence-electron chi connectivity index (χ2n) is 17.3. The van der Waals surface area contributed by atoms with Gasteiger partial charge in [-0.15, -0.1) is 0 Å². The summed E-state index contributed by atoms with van der Waals surface area (Å²) in [4.78, 5) is 3.50. The molecular weight excluding hydrogens is 756 g/mol. The molecule has 4 saturated carbocycles. The van der Waals surface area contributed by atoms with Crippen LogP contribution in [-0.4, -0.2) is 112 Å². The zero-order valence-electron chi connectivity index (χ0n) is 32.1. The zero-order valence-corrected chi connectivity index (χ0v) is 36.1. The molecule has 6 heterocycles. The van der Waals surface area contributed by atoms with Crippen molar-refractivity contribution in [3.8, 4) is 0 Å². The Hall–Kier alpha value is 0.206. The number of rotatable bonds is 6. The van der Waals surface area contributed by atoms with E-state index in [9.17, 15) is 8.42 Å². The van der Waals surface area contributed by atoms with Gasteiger partial charge in [-0.3, -0.25) is 4.18 Å². The summed E-state index contributed by atoms with van der Waals surface area (Å²) < 4.78 is 79.1. The van der Waals surface area contributed by atoms with Crippen LogP contribution in [0.1, 0.15) is 136 Å². The molecule has 12 atom stereocenters. The quantitative estimate of drug-likeness (QED) is 0.221. The minimum Gasteiger partial charge on any atom is -0.512 e. The summed E-state index contributed by atoms with van der Waals surface area (Å²) in [5.74, 6) is -0.739. The molecule has 13 nitrogen and oxygen atoms in total. The van der Waals surface area contributed by atoms with E-state index in [1.807, 2.05) is 0 Å². The number of hydrogen-bond donors (Lipinski definition) is 0. The van der Waals surface area contributed by atoms with Crippen LogP contribution in [0, 0.1) is 18.4 Å². The second kappa shape index (κ2) is 18.0. The molecule has 10 aliphatic rings. The SMILES string of the molecule is C.CS(=O)(=O)OCC[C@H]1CC[C@@H]2O[C@@H]3C[C@]2(C[C@H]2OC4(CCCCC4)OC32)O1.[C-]#N.[C-]#[N+]CC[C@H]1CC[C@@H]2O[C@@H]3C[C@]2(C[C@H]2OC4(CCCCC4)OC32)O1.[K+]. The van der Waals surface area contributed by atoms with E-state index in [1.165, 1.54) is 25.7 Å². The Kier molecular flexibility index (Phi) is 14.7. The van der Waals surface area contributed by atoms with Gasteiger partial charge in [0.05, 0.1) is 72.9 Å². The van der Waals surface area contributed by atoms with Crippen molar-refractivity contribution in [2.45, 2.75) is 220 Å². The van der Waals surface area contributed by atoms with Crippen molar-refractivity contribution in [1.82, 2.24) is 0 Å². The van der Waals surface area contributed by atoms with Crippen molar-refractivity contribution in [1.29, 1.82) is 5.26 Å². The fourth-order valence-electron chi connectivity index (χ4n) is 11.6. The van der Waals surface area contributed by atoms with Gasteiger partial charge in [-0.25, -0.2) is 6.57 Å².